The lowest BCUT2D eigenvalue weighted by Gasteiger charge is -2.13. The highest BCUT2D eigenvalue weighted by Crippen LogP contribution is 2.32. The molecule has 20 heavy (non-hydrogen) atoms. The van der Waals surface area contributed by atoms with Crippen LogP contribution in [0.1, 0.15) is 12.5 Å². The summed E-state index contributed by atoms with van der Waals surface area (Å²) in [6.07, 6.45) is 0. The molecule has 0 spiro atoms. The number of halogens is 3. The number of benzene rings is 1. The van der Waals surface area contributed by atoms with Crippen molar-refractivity contribution >= 4 is 56.5 Å². The number of pyridine rings is 1. The van der Waals surface area contributed by atoms with E-state index in [1.54, 1.807) is 6.07 Å². The summed E-state index contributed by atoms with van der Waals surface area (Å²) < 4.78 is 0.989. The van der Waals surface area contributed by atoms with Gasteiger partial charge < -0.3 is 10.6 Å². The molecule has 2 rings (SSSR count). The van der Waals surface area contributed by atoms with Crippen LogP contribution in [0.3, 0.4) is 0 Å². The molecule has 0 bridgehead atoms. The third-order valence-corrected chi connectivity index (χ3v) is 3.80. The Kier molecular flexibility index (Phi) is 5.13. The molecular formula is C14H14BrCl2N3. The van der Waals surface area contributed by atoms with Crippen molar-refractivity contribution in [2.75, 3.05) is 17.2 Å². The number of anilines is 3. The van der Waals surface area contributed by atoms with E-state index in [0.717, 1.165) is 22.3 Å². The maximum absolute atomic E-state index is 6.19. The summed E-state index contributed by atoms with van der Waals surface area (Å²) in [5.74, 6) is 1.20. The van der Waals surface area contributed by atoms with Crippen molar-refractivity contribution in [3.8, 4) is 0 Å². The fourth-order valence-electron chi connectivity index (χ4n) is 1.70. The summed E-state index contributed by atoms with van der Waals surface area (Å²) in [6.45, 7) is 4.74. The summed E-state index contributed by atoms with van der Waals surface area (Å²) in [4.78, 5) is 4.43. The van der Waals surface area contributed by atoms with E-state index in [-0.39, 0.29) is 0 Å². The Morgan fingerprint density at radius 3 is 2.55 bits per heavy atom. The van der Waals surface area contributed by atoms with Gasteiger partial charge in [0.05, 0.1) is 10.0 Å². The van der Waals surface area contributed by atoms with E-state index in [4.69, 9.17) is 23.2 Å². The third kappa shape index (κ3) is 3.57. The van der Waals surface area contributed by atoms with Gasteiger partial charge in [0, 0.05) is 16.7 Å². The van der Waals surface area contributed by atoms with Gasteiger partial charge in [-0.05, 0) is 37.6 Å². The average Bonchev–Trinajstić information content (AvgIpc) is 2.39. The molecule has 6 heteroatoms. The Morgan fingerprint density at radius 1 is 1.15 bits per heavy atom. The predicted molar refractivity (Wildman–Crippen MR) is 90.6 cm³/mol. The molecule has 2 aromatic rings. The second-order valence-corrected chi connectivity index (χ2v) is 5.99. The van der Waals surface area contributed by atoms with Gasteiger partial charge in [-0.3, -0.25) is 0 Å². The summed E-state index contributed by atoms with van der Waals surface area (Å²) in [5.41, 5.74) is 2.05. The third-order valence-electron chi connectivity index (χ3n) is 2.73. The Hall–Kier alpha value is -0.970. The van der Waals surface area contributed by atoms with Crippen LogP contribution in [0.2, 0.25) is 10.0 Å². The van der Waals surface area contributed by atoms with E-state index in [2.05, 4.69) is 31.5 Å². The van der Waals surface area contributed by atoms with E-state index < -0.39 is 0 Å². The van der Waals surface area contributed by atoms with Gasteiger partial charge in [0.2, 0.25) is 0 Å². The molecular weight excluding hydrogens is 361 g/mol. The van der Waals surface area contributed by atoms with E-state index >= 15 is 0 Å². The SMILES string of the molecule is CCNc1nc(Nc2cc(Br)ccc2C)c(Cl)cc1Cl. The molecule has 0 aliphatic carbocycles. The van der Waals surface area contributed by atoms with Gasteiger partial charge in [-0.1, -0.05) is 45.2 Å². The molecule has 0 amide bonds. The Morgan fingerprint density at radius 2 is 1.85 bits per heavy atom. The molecule has 0 aliphatic heterocycles. The Labute approximate surface area is 136 Å². The van der Waals surface area contributed by atoms with Gasteiger partial charge in [0.1, 0.15) is 5.82 Å². The number of hydrogen-bond donors (Lipinski definition) is 2. The number of aromatic nitrogens is 1. The van der Waals surface area contributed by atoms with Gasteiger partial charge in [0.15, 0.2) is 5.82 Å². The first-order valence-electron chi connectivity index (χ1n) is 6.14. The zero-order valence-electron chi connectivity index (χ0n) is 11.1. The Bertz CT molecular complexity index is 632. The second kappa shape index (κ2) is 6.66. The molecule has 0 unspecified atom stereocenters. The lowest BCUT2D eigenvalue weighted by molar-refractivity contribution is 1.16. The van der Waals surface area contributed by atoms with Crippen LogP contribution in [0, 0.1) is 6.92 Å². The van der Waals surface area contributed by atoms with Crippen molar-refractivity contribution in [1.29, 1.82) is 0 Å². The number of nitrogens with zero attached hydrogens (tertiary/aromatic N) is 1. The fraction of sp³-hybridized carbons (Fsp3) is 0.214. The molecule has 0 fully saturated rings. The molecule has 0 saturated carbocycles. The van der Waals surface area contributed by atoms with Gasteiger partial charge in [-0.15, -0.1) is 0 Å². The highest BCUT2D eigenvalue weighted by atomic mass is 79.9. The first kappa shape index (κ1) is 15.4. The van der Waals surface area contributed by atoms with Crippen LogP contribution in [0.5, 0.6) is 0 Å². The first-order valence-corrected chi connectivity index (χ1v) is 7.69. The van der Waals surface area contributed by atoms with Crippen LogP contribution < -0.4 is 10.6 Å². The quantitative estimate of drug-likeness (QED) is 0.727. The van der Waals surface area contributed by atoms with Crippen LogP contribution in [0.25, 0.3) is 0 Å². The molecule has 0 aliphatic rings. The molecule has 1 heterocycles. The predicted octanol–water partition coefficient (Wildman–Crippen LogP) is 5.63. The van der Waals surface area contributed by atoms with E-state index in [0.29, 0.717) is 21.7 Å². The zero-order chi connectivity index (χ0) is 14.7. The Balaban J connectivity index is 2.37. The standard InChI is InChI=1S/C14H14BrCl2N3/c1-3-18-13-10(16)7-11(17)14(20-13)19-12-6-9(15)5-4-8(12)2/h4-7H,3H2,1-2H3,(H2,18,19,20). The van der Waals surface area contributed by atoms with E-state index in [9.17, 15) is 0 Å². The molecule has 0 saturated heterocycles. The highest BCUT2D eigenvalue weighted by Gasteiger charge is 2.10. The van der Waals surface area contributed by atoms with Gasteiger partial charge in [-0.2, -0.15) is 0 Å². The summed E-state index contributed by atoms with van der Waals surface area (Å²) in [6, 6.07) is 7.67. The molecule has 1 aromatic carbocycles. The topological polar surface area (TPSA) is 37.0 Å². The monoisotopic (exact) mass is 373 g/mol. The summed E-state index contributed by atoms with van der Waals surface area (Å²) in [5, 5.41) is 7.33. The lowest BCUT2D eigenvalue weighted by atomic mass is 10.2. The van der Waals surface area contributed by atoms with Crippen molar-refractivity contribution < 1.29 is 0 Å². The number of hydrogen-bond acceptors (Lipinski definition) is 3. The minimum atomic E-state index is 0.482. The van der Waals surface area contributed by atoms with E-state index in [1.807, 2.05) is 32.0 Å². The highest BCUT2D eigenvalue weighted by molar-refractivity contribution is 9.10. The minimum absolute atomic E-state index is 0.482. The summed E-state index contributed by atoms with van der Waals surface area (Å²) >= 11 is 15.7. The number of rotatable bonds is 4. The van der Waals surface area contributed by atoms with Crippen molar-refractivity contribution in [2.45, 2.75) is 13.8 Å². The van der Waals surface area contributed by atoms with Crippen molar-refractivity contribution in [3.05, 3.63) is 44.3 Å². The number of aryl methyl sites for hydroxylation is 1. The molecule has 106 valence electrons. The summed E-state index contributed by atoms with van der Waals surface area (Å²) in [7, 11) is 0. The molecule has 2 N–H and O–H groups in total. The van der Waals surface area contributed by atoms with Crippen LogP contribution in [-0.4, -0.2) is 11.5 Å². The van der Waals surface area contributed by atoms with Crippen LogP contribution in [0.4, 0.5) is 17.3 Å². The van der Waals surface area contributed by atoms with Crippen LogP contribution >= 0.6 is 39.1 Å². The molecule has 3 nitrogen and oxygen atoms in total. The first-order chi connectivity index (χ1) is 9.51. The van der Waals surface area contributed by atoms with Gasteiger partial charge in [0.25, 0.3) is 0 Å². The van der Waals surface area contributed by atoms with Crippen molar-refractivity contribution in [3.63, 3.8) is 0 Å². The fourth-order valence-corrected chi connectivity index (χ4v) is 2.54. The van der Waals surface area contributed by atoms with Gasteiger partial charge in [-0.25, -0.2) is 4.98 Å². The maximum Gasteiger partial charge on any atom is 0.151 e. The van der Waals surface area contributed by atoms with E-state index in [1.165, 1.54) is 0 Å². The molecule has 0 atom stereocenters. The maximum atomic E-state index is 6.19. The van der Waals surface area contributed by atoms with Gasteiger partial charge >= 0.3 is 0 Å². The zero-order valence-corrected chi connectivity index (χ0v) is 14.2. The molecule has 1 aromatic heterocycles. The number of nitrogens with one attached hydrogen (secondary N) is 2. The molecule has 0 radical (unpaired) electrons. The average molecular weight is 375 g/mol. The minimum Gasteiger partial charge on any atom is -0.369 e. The smallest absolute Gasteiger partial charge is 0.151 e. The largest absolute Gasteiger partial charge is 0.369 e. The van der Waals surface area contributed by atoms with Crippen molar-refractivity contribution in [1.82, 2.24) is 4.98 Å². The van der Waals surface area contributed by atoms with Crippen LogP contribution in [-0.2, 0) is 0 Å². The second-order valence-electron chi connectivity index (χ2n) is 4.26. The lowest BCUT2D eigenvalue weighted by Crippen LogP contribution is -2.03. The van der Waals surface area contributed by atoms with Crippen molar-refractivity contribution in [2.24, 2.45) is 0 Å². The van der Waals surface area contributed by atoms with Crippen LogP contribution in [0.15, 0.2) is 28.7 Å². The normalized spacial score (nSPS) is 10.4.